The first kappa shape index (κ1) is 23.5. The number of benzene rings is 1. The monoisotopic (exact) mass is 458 g/mol. The molecule has 1 aromatic carbocycles. The van der Waals surface area contributed by atoms with Crippen molar-refractivity contribution in [3.63, 3.8) is 0 Å². The average molecular weight is 459 g/mol. The van der Waals surface area contributed by atoms with Gasteiger partial charge in [0.2, 0.25) is 0 Å². The van der Waals surface area contributed by atoms with Crippen molar-refractivity contribution in [3.8, 4) is 5.75 Å². The molecule has 4 unspecified atom stereocenters. The molecule has 7 heteroatoms. The van der Waals surface area contributed by atoms with Gasteiger partial charge in [0.15, 0.2) is 0 Å². The van der Waals surface area contributed by atoms with Crippen LogP contribution in [-0.2, 0) is 11.0 Å². The number of halogens is 5. The highest BCUT2D eigenvalue weighted by molar-refractivity contribution is 5.75. The number of alkyl halides is 3. The summed E-state index contributed by atoms with van der Waals surface area (Å²) in [4.78, 5) is 12.5. The summed E-state index contributed by atoms with van der Waals surface area (Å²) in [6.07, 6.45) is 5.90. The van der Waals surface area contributed by atoms with Crippen LogP contribution in [0.15, 0.2) is 12.1 Å². The number of ether oxygens (including phenoxy) is 1. The number of carbonyl (C=O) groups is 1. The van der Waals surface area contributed by atoms with Gasteiger partial charge in [-0.05, 0) is 87.4 Å². The topological polar surface area (TPSA) is 26.3 Å². The van der Waals surface area contributed by atoms with Gasteiger partial charge in [0.05, 0.1) is 5.92 Å². The summed E-state index contributed by atoms with van der Waals surface area (Å²) in [5.74, 6) is -1.21. The van der Waals surface area contributed by atoms with Crippen LogP contribution in [0.25, 0.3) is 0 Å². The molecule has 1 aromatic rings. The van der Waals surface area contributed by atoms with Gasteiger partial charge < -0.3 is 4.74 Å². The Morgan fingerprint density at radius 2 is 1.31 bits per heavy atom. The molecule has 0 saturated heterocycles. The highest BCUT2D eigenvalue weighted by atomic mass is 19.4. The van der Waals surface area contributed by atoms with Crippen LogP contribution in [-0.4, -0.2) is 5.97 Å². The Kier molecular flexibility index (Phi) is 6.83. The summed E-state index contributed by atoms with van der Waals surface area (Å²) >= 11 is 0. The highest BCUT2D eigenvalue weighted by Crippen LogP contribution is 2.49. The maximum absolute atomic E-state index is 13.7. The van der Waals surface area contributed by atoms with Crippen molar-refractivity contribution in [3.05, 3.63) is 29.3 Å². The van der Waals surface area contributed by atoms with Crippen LogP contribution in [0.5, 0.6) is 5.75 Å². The lowest BCUT2D eigenvalue weighted by Gasteiger charge is -2.44. The van der Waals surface area contributed by atoms with Crippen LogP contribution in [0.3, 0.4) is 0 Å². The van der Waals surface area contributed by atoms with E-state index in [4.69, 9.17) is 4.74 Å². The number of rotatable bonds is 3. The van der Waals surface area contributed by atoms with E-state index in [0.29, 0.717) is 36.8 Å². The lowest BCUT2D eigenvalue weighted by Crippen LogP contribution is -2.35. The van der Waals surface area contributed by atoms with Crippen LogP contribution < -0.4 is 4.74 Å². The van der Waals surface area contributed by atoms with Crippen molar-refractivity contribution < 1.29 is 31.5 Å². The van der Waals surface area contributed by atoms with Gasteiger partial charge in [-0.3, -0.25) is 4.79 Å². The zero-order valence-corrected chi connectivity index (χ0v) is 18.4. The van der Waals surface area contributed by atoms with E-state index in [1.807, 2.05) is 0 Å². The molecule has 0 radical (unpaired) electrons. The second-order valence-corrected chi connectivity index (χ2v) is 10.3. The number of fused-ring (bicyclic) bond motifs is 1. The largest absolute Gasteiger partial charge is 0.426 e. The van der Waals surface area contributed by atoms with Crippen LogP contribution >= 0.6 is 0 Å². The van der Waals surface area contributed by atoms with Gasteiger partial charge in [0, 0.05) is 12.1 Å². The van der Waals surface area contributed by atoms with Gasteiger partial charge in [-0.1, -0.05) is 13.3 Å². The fourth-order valence-electron chi connectivity index (χ4n) is 6.49. The van der Waals surface area contributed by atoms with Crippen LogP contribution in [0, 0.1) is 47.1 Å². The number of hydrogen-bond acceptors (Lipinski definition) is 2. The minimum Gasteiger partial charge on any atom is -0.426 e. The quantitative estimate of drug-likeness (QED) is 0.266. The van der Waals surface area contributed by atoms with Crippen molar-refractivity contribution in [2.45, 2.75) is 77.3 Å². The first-order valence-electron chi connectivity index (χ1n) is 11.9. The Bertz CT molecular complexity index is 805. The molecule has 3 aliphatic carbocycles. The first-order chi connectivity index (χ1) is 15.1. The van der Waals surface area contributed by atoms with E-state index in [9.17, 15) is 26.7 Å². The molecule has 4 rings (SSSR count). The predicted octanol–water partition coefficient (Wildman–Crippen LogP) is 7.55. The molecule has 0 aromatic heterocycles. The van der Waals surface area contributed by atoms with Crippen molar-refractivity contribution in [1.82, 2.24) is 0 Å². The predicted molar refractivity (Wildman–Crippen MR) is 110 cm³/mol. The summed E-state index contributed by atoms with van der Waals surface area (Å²) < 4.78 is 70.7. The molecule has 0 amide bonds. The Morgan fingerprint density at radius 3 is 1.91 bits per heavy atom. The molecule has 2 nitrogen and oxygen atoms in total. The van der Waals surface area contributed by atoms with Crippen LogP contribution in [0.2, 0.25) is 0 Å². The third-order valence-corrected chi connectivity index (χ3v) is 8.21. The lowest BCUT2D eigenvalue weighted by molar-refractivity contribution is -0.142. The molecule has 3 aliphatic rings. The SMILES string of the molecule is CC1CCC2CC(C3CCC(C(=O)Oc4cc(F)c(C(F)(F)F)c(F)c4)CC3)CCC2C1. The van der Waals surface area contributed by atoms with Crippen molar-refractivity contribution >= 4 is 5.97 Å². The molecule has 0 bridgehead atoms. The smallest absolute Gasteiger partial charge is 0.422 e. The van der Waals surface area contributed by atoms with Gasteiger partial charge in [0.1, 0.15) is 22.9 Å². The van der Waals surface area contributed by atoms with Crippen molar-refractivity contribution in [2.75, 3.05) is 0 Å². The zero-order valence-electron chi connectivity index (χ0n) is 18.4. The second kappa shape index (κ2) is 9.30. The molecule has 3 fully saturated rings. The molecule has 178 valence electrons. The lowest BCUT2D eigenvalue weighted by atomic mass is 9.61. The molecule has 0 heterocycles. The second-order valence-electron chi connectivity index (χ2n) is 10.3. The minimum atomic E-state index is -5.15. The number of carbonyl (C=O) groups excluding carboxylic acids is 1. The van der Waals surface area contributed by atoms with E-state index in [0.717, 1.165) is 30.6 Å². The molecule has 0 N–H and O–H groups in total. The molecule has 0 aliphatic heterocycles. The van der Waals surface area contributed by atoms with Gasteiger partial charge >= 0.3 is 12.1 Å². The van der Waals surface area contributed by atoms with Gasteiger partial charge in [-0.15, -0.1) is 0 Å². The Labute approximate surface area is 185 Å². The molecular weight excluding hydrogens is 427 g/mol. The third-order valence-electron chi connectivity index (χ3n) is 8.21. The van der Waals surface area contributed by atoms with Gasteiger partial charge in [-0.2, -0.15) is 13.2 Å². The van der Waals surface area contributed by atoms with E-state index in [2.05, 4.69) is 6.92 Å². The molecule has 3 saturated carbocycles. The maximum Gasteiger partial charge on any atom is 0.422 e. The summed E-state index contributed by atoms with van der Waals surface area (Å²) in [5, 5.41) is 0. The minimum absolute atomic E-state index is 0.383. The van der Waals surface area contributed by atoms with Gasteiger partial charge in [-0.25, -0.2) is 8.78 Å². The normalized spacial score (nSPS) is 33.4. The maximum atomic E-state index is 13.7. The Balaban J connectivity index is 1.30. The van der Waals surface area contributed by atoms with Crippen LogP contribution in [0.1, 0.15) is 76.7 Å². The standard InChI is InChI=1S/C25H31F5O2/c1-14-2-3-19-11-18(9-8-17(19)10-14)15-4-6-16(7-5-15)24(31)32-20-12-21(26)23(22(27)13-20)25(28,29)30/h12-19H,2-11H2,1H3. The summed E-state index contributed by atoms with van der Waals surface area (Å²) in [7, 11) is 0. The highest BCUT2D eigenvalue weighted by Gasteiger charge is 2.40. The van der Waals surface area contributed by atoms with Crippen LogP contribution in [0.4, 0.5) is 22.0 Å². The Morgan fingerprint density at radius 1 is 0.812 bits per heavy atom. The fourth-order valence-corrected chi connectivity index (χ4v) is 6.49. The fraction of sp³-hybridized carbons (Fsp3) is 0.720. The number of hydrogen-bond donors (Lipinski definition) is 0. The first-order valence-corrected chi connectivity index (χ1v) is 11.9. The van der Waals surface area contributed by atoms with E-state index in [1.54, 1.807) is 0 Å². The van der Waals surface area contributed by atoms with E-state index >= 15 is 0 Å². The number of esters is 1. The molecule has 32 heavy (non-hydrogen) atoms. The van der Waals surface area contributed by atoms with E-state index in [-0.39, 0.29) is 5.92 Å². The van der Waals surface area contributed by atoms with Crippen molar-refractivity contribution in [2.24, 2.45) is 35.5 Å². The molecule has 0 spiro atoms. The van der Waals surface area contributed by atoms with Gasteiger partial charge in [0.25, 0.3) is 0 Å². The van der Waals surface area contributed by atoms with Crippen molar-refractivity contribution in [1.29, 1.82) is 0 Å². The van der Waals surface area contributed by atoms with E-state index in [1.165, 1.54) is 38.5 Å². The average Bonchev–Trinajstić information content (AvgIpc) is 2.72. The van der Waals surface area contributed by atoms with E-state index < -0.39 is 35.1 Å². The third kappa shape index (κ3) is 5.12. The summed E-state index contributed by atoms with van der Waals surface area (Å²) in [6, 6.07) is 0.859. The summed E-state index contributed by atoms with van der Waals surface area (Å²) in [5.41, 5.74) is -1.97. The molecular formula is C25H31F5O2. The zero-order chi connectivity index (χ0) is 23.0. The Hall–Kier alpha value is -1.66. The molecule has 4 atom stereocenters. The summed E-state index contributed by atoms with van der Waals surface area (Å²) in [6.45, 7) is 2.36.